The lowest BCUT2D eigenvalue weighted by Crippen LogP contribution is -2.41. The first-order valence-electron chi connectivity index (χ1n) is 8.53. The molecule has 9 heteroatoms. The zero-order valence-corrected chi connectivity index (χ0v) is 14.1. The van der Waals surface area contributed by atoms with Crippen LogP contribution in [0, 0.1) is 0 Å². The summed E-state index contributed by atoms with van der Waals surface area (Å²) in [5.41, 5.74) is 2.12. The molecule has 4 rings (SSSR count). The second-order valence-corrected chi connectivity index (χ2v) is 6.69. The number of amides is 1. The third kappa shape index (κ3) is 3.34. The molecule has 1 aromatic heterocycles. The monoisotopic (exact) mass is 379 g/mol. The van der Waals surface area contributed by atoms with Crippen LogP contribution in [0.1, 0.15) is 45.2 Å². The number of benzene rings is 1. The van der Waals surface area contributed by atoms with E-state index in [1.807, 2.05) is 12.1 Å². The molecule has 1 amide bonds. The number of anilines is 1. The summed E-state index contributed by atoms with van der Waals surface area (Å²) in [5.74, 6) is -0.276. The largest absolute Gasteiger partial charge is 0.522 e. The van der Waals surface area contributed by atoms with Gasteiger partial charge in [-0.1, -0.05) is 12.1 Å². The molecule has 0 spiro atoms. The number of hydrogen-bond acceptors (Lipinski definition) is 4. The summed E-state index contributed by atoms with van der Waals surface area (Å²) >= 11 is 0. The molecule has 1 aliphatic carbocycles. The lowest BCUT2D eigenvalue weighted by molar-refractivity contribution is -0.351. The second-order valence-electron chi connectivity index (χ2n) is 6.69. The normalized spacial score (nSPS) is 22.3. The van der Waals surface area contributed by atoms with Gasteiger partial charge in [0.15, 0.2) is 6.29 Å². The van der Waals surface area contributed by atoms with Crippen molar-refractivity contribution in [2.45, 2.75) is 37.8 Å². The highest BCUT2D eigenvalue weighted by atomic mass is 19.4. The Bertz CT molecular complexity index is 870. The molecule has 0 saturated heterocycles. The lowest BCUT2D eigenvalue weighted by atomic mass is 9.77. The van der Waals surface area contributed by atoms with E-state index in [2.05, 4.69) is 9.84 Å². The van der Waals surface area contributed by atoms with E-state index in [-0.39, 0.29) is 23.1 Å². The van der Waals surface area contributed by atoms with Gasteiger partial charge in [-0.25, -0.2) is 0 Å². The minimum Gasteiger partial charge on any atom is -0.305 e. The Kier molecular flexibility index (Phi) is 4.26. The fourth-order valence-electron chi connectivity index (χ4n) is 3.61. The van der Waals surface area contributed by atoms with Gasteiger partial charge in [0.2, 0.25) is 0 Å². The Labute approximate surface area is 152 Å². The zero-order chi connectivity index (χ0) is 19.2. The summed E-state index contributed by atoms with van der Waals surface area (Å²) in [4.78, 5) is 25.4. The first kappa shape index (κ1) is 17.7. The minimum atomic E-state index is -4.60. The van der Waals surface area contributed by atoms with Gasteiger partial charge in [-0.3, -0.25) is 19.0 Å². The molecule has 6 nitrogen and oxygen atoms in total. The average Bonchev–Trinajstić information content (AvgIpc) is 3.02. The van der Waals surface area contributed by atoms with E-state index in [9.17, 15) is 22.8 Å². The summed E-state index contributed by atoms with van der Waals surface area (Å²) in [5, 5.41) is 4.04. The van der Waals surface area contributed by atoms with Crippen LogP contribution in [0.3, 0.4) is 0 Å². The Morgan fingerprint density at radius 2 is 1.85 bits per heavy atom. The van der Waals surface area contributed by atoms with Crippen molar-refractivity contribution in [3.63, 3.8) is 0 Å². The van der Waals surface area contributed by atoms with E-state index in [4.69, 9.17) is 0 Å². The first-order valence-corrected chi connectivity index (χ1v) is 8.53. The number of nitrogens with zero attached hydrogens (tertiary/aromatic N) is 3. The number of rotatable bonds is 4. The molecule has 142 valence electrons. The predicted octanol–water partition coefficient (Wildman–Crippen LogP) is 3.14. The molecular weight excluding hydrogens is 363 g/mol. The van der Waals surface area contributed by atoms with Crippen LogP contribution in [-0.4, -0.2) is 41.0 Å². The number of halogens is 3. The molecule has 0 N–H and O–H groups in total. The van der Waals surface area contributed by atoms with E-state index in [1.54, 1.807) is 17.0 Å². The van der Waals surface area contributed by atoms with Gasteiger partial charge in [0.25, 0.3) is 5.91 Å². The maximum absolute atomic E-state index is 12.7. The van der Waals surface area contributed by atoms with Gasteiger partial charge in [0, 0.05) is 12.2 Å². The van der Waals surface area contributed by atoms with Crippen LogP contribution in [0.2, 0.25) is 0 Å². The Hall–Kier alpha value is -2.68. The van der Waals surface area contributed by atoms with Crippen molar-refractivity contribution in [2.24, 2.45) is 0 Å². The highest BCUT2D eigenvalue weighted by molar-refractivity contribution is 6.09. The van der Waals surface area contributed by atoms with Gasteiger partial charge in [-0.2, -0.15) is 5.10 Å². The molecule has 0 radical (unpaired) electrons. The number of carbonyl (C=O) groups excluding carboxylic acids is 2. The number of aromatic nitrogens is 2. The Morgan fingerprint density at radius 3 is 2.48 bits per heavy atom. The molecule has 1 saturated carbocycles. The van der Waals surface area contributed by atoms with Crippen molar-refractivity contribution < 1.29 is 27.5 Å². The molecule has 0 bridgehead atoms. The molecule has 27 heavy (non-hydrogen) atoms. The van der Waals surface area contributed by atoms with Gasteiger partial charge < -0.3 is 4.90 Å². The third-order valence-corrected chi connectivity index (χ3v) is 5.05. The summed E-state index contributed by atoms with van der Waals surface area (Å²) in [6.45, 7) is 0.909. The number of aldehydes is 1. The number of fused-ring (bicyclic) bond motifs is 1. The van der Waals surface area contributed by atoms with Crippen LogP contribution >= 0.6 is 0 Å². The van der Waals surface area contributed by atoms with Crippen LogP contribution in [0.5, 0.6) is 0 Å². The van der Waals surface area contributed by atoms with Gasteiger partial charge in [0.1, 0.15) is 5.69 Å². The summed E-state index contributed by atoms with van der Waals surface area (Å²) < 4.78 is 42.1. The van der Waals surface area contributed by atoms with Crippen LogP contribution in [0.25, 0.3) is 0 Å². The SMILES string of the molecule is O=Cc1cnn2c1C(=O)N(c1ccc(C3CC(OC(F)(F)F)C3)cc1)CC2. The molecule has 0 unspecified atom stereocenters. The quantitative estimate of drug-likeness (QED) is 0.766. The highest BCUT2D eigenvalue weighted by Crippen LogP contribution is 2.41. The van der Waals surface area contributed by atoms with E-state index >= 15 is 0 Å². The van der Waals surface area contributed by atoms with E-state index < -0.39 is 12.5 Å². The van der Waals surface area contributed by atoms with Crippen molar-refractivity contribution in [1.82, 2.24) is 9.78 Å². The number of ether oxygens (including phenoxy) is 1. The molecule has 1 aliphatic heterocycles. The smallest absolute Gasteiger partial charge is 0.305 e. The standard InChI is InChI=1S/C18H16F3N3O3/c19-18(20,21)27-15-7-12(8-15)11-1-3-14(4-2-11)23-5-6-24-16(17(23)26)13(10-25)9-22-24/h1-4,9-10,12,15H,5-8H2. The van der Waals surface area contributed by atoms with Crippen molar-refractivity contribution in [3.8, 4) is 0 Å². The summed E-state index contributed by atoms with van der Waals surface area (Å²) in [7, 11) is 0. The minimum absolute atomic E-state index is 0.0200. The van der Waals surface area contributed by atoms with Crippen molar-refractivity contribution >= 4 is 17.9 Å². The van der Waals surface area contributed by atoms with Crippen LogP contribution < -0.4 is 4.90 Å². The van der Waals surface area contributed by atoms with Gasteiger partial charge in [-0.05, 0) is 36.5 Å². The predicted molar refractivity (Wildman–Crippen MR) is 88.6 cm³/mol. The Balaban J connectivity index is 1.44. The van der Waals surface area contributed by atoms with Crippen molar-refractivity contribution in [2.75, 3.05) is 11.4 Å². The second kappa shape index (κ2) is 6.49. The highest BCUT2D eigenvalue weighted by Gasteiger charge is 2.40. The number of alkyl halides is 3. The summed E-state index contributed by atoms with van der Waals surface area (Å²) in [6, 6.07) is 7.20. The fraction of sp³-hybridized carbons (Fsp3) is 0.389. The molecular formula is C18H16F3N3O3. The van der Waals surface area contributed by atoms with Crippen LogP contribution in [0.15, 0.2) is 30.5 Å². The summed E-state index contributed by atoms with van der Waals surface area (Å²) in [6.07, 6.45) is -2.75. The first-order chi connectivity index (χ1) is 12.9. The van der Waals surface area contributed by atoms with Crippen molar-refractivity contribution in [1.29, 1.82) is 0 Å². The average molecular weight is 379 g/mol. The maximum atomic E-state index is 12.7. The third-order valence-electron chi connectivity index (χ3n) is 5.05. The number of hydrogen-bond donors (Lipinski definition) is 0. The van der Waals surface area contributed by atoms with Gasteiger partial charge in [-0.15, -0.1) is 13.2 Å². The van der Waals surface area contributed by atoms with Crippen molar-refractivity contribution in [3.05, 3.63) is 47.3 Å². The number of carbonyl (C=O) groups is 2. The maximum Gasteiger partial charge on any atom is 0.522 e. The van der Waals surface area contributed by atoms with E-state index in [1.165, 1.54) is 10.9 Å². The van der Waals surface area contributed by atoms with Gasteiger partial charge >= 0.3 is 6.36 Å². The molecule has 2 heterocycles. The fourth-order valence-corrected chi connectivity index (χ4v) is 3.61. The Morgan fingerprint density at radius 1 is 1.15 bits per heavy atom. The topological polar surface area (TPSA) is 64.4 Å². The molecule has 2 aliphatic rings. The molecule has 1 aromatic carbocycles. The van der Waals surface area contributed by atoms with Crippen LogP contribution in [0.4, 0.5) is 18.9 Å². The lowest BCUT2D eigenvalue weighted by Gasteiger charge is -2.36. The molecule has 2 aromatic rings. The van der Waals surface area contributed by atoms with E-state index in [0.717, 1.165) is 5.56 Å². The zero-order valence-electron chi connectivity index (χ0n) is 14.1. The molecule has 0 atom stereocenters. The molecule has 1 fully saturated rings. The van der Waals surface area contributed by atoms with Gasteiger partial charge in [0.05, 0.1) is 24.4 Å². The van der Waals surface area contributed by atoms with E-state index in [0.29, 0.717) is 37.9 Å². The van der Waals surface area contributed by atoms with Crippen LogP contribution in [-0.2, 0) is 11.3 Å².